The van der Waals surface area contributed by atoms with Crippen LogP contribution in [0.2, 0.25) is 0 Å². The second-order valence-corrected chi connectivity index (χ2v) is 7.43. The molecule has 0 saturated carbocycles. The normalized spacial score (nSPS) is 11.9. The number of aryl methyl sites for hydroxylation is 2. The highest BCUT2D eigenvalue weighted by molar-refractivity contribution is 6.13. The van der Waals surface area contributed by atoms with Gasteiger partial charge in [0.2, 0.25) is 0 Å². The molecule has 0 heterocycles. The maximum Gasteiger partial charge on any atom is 0.135 e. The zero-order valence-electron chi connectivity index (χ0n) is 18.8. The molecule has 3 aromatic rings. The molecule has 0 spiro atoms. The summed E-state index contributed by atoms with van der Waals surface area (Å²) in [4.78, 5) is 0. The Morgan fingerprint density at radius 1 is 0.600 bits per heavy atom. The molecule has 0 radical (unpaired) electrons. The molecule has 3 aromatic carbocycles. The van der Waals surface area contributed by atoms with Crippen molar-refractivity contribution in [1.29, 1.82) is 0 Å². The maximum absolute atomic E-state index is 6.42. The van der Waals surface area contributed by atoms with Crippen molar-refractivity contribution in [2.24, 2.45) is 0 Å². The Hall–Kier alpha value is -2.74. The first-order valence-electron chi connectivity index (χ1n) is 11.3. The van der Waals surface area contributed by atoms with Gasteiger partial charge in [0.25, 0.3) is 0 Å². The molecule has 0 N–H and O–H groups in total. The molecular weight excluding hydrogens is 368 g/mol. The molecule has 0 unspecified atom stereocenters. The van der Waals surface area contributed by atoms with E-state index in [0.29, 0.717) is 13.2 Å². The molecule has 0 atom stereocenters. The molecule has 30 heavy (non-hydrogen) atoms. The minimum Gasteiger partial charge on any atom is -0.488 e. The van der Waals surface area contributed by atoms with Gasteiger partial charge in [0.05, 0.1) is 0 Å². The molecule has 0 bridgehead atoms. The van der Waals surface area contributed by atoms with Gasteiger partial charge in [-0.15, -0.1) is 0 Å². The van der Waals surface area contributed by atoms with E-state index in [0.717, 1.165) is 48.0 Å². The number of allylic oxidation sites excluding steroid dienone is 2. The van der Waals surface area contributed by atoms with Crippen molar-refractivity contribution in [3.63, 3.8) is 0 Å². The molecule has 3 rings (SSSR count). The number of benzene rings is 3. The second kappa shape index (κ2) is 10.9. The third-order valence-electron chi connectivity index (χ3n) is 5.46. The van der Waals surface area contributed by atoms with Crippen LogP contribution in [0.15, 0.2) is 60.7 Å². The minimum atomic E-state index is 0.575. The first kappa shape index (κ1) is 22.0. The number of ether oxygens (including phenoxy) is 2. The van der Waals surface area contributed by atoms with Crippen molar-refractivity contribution in [1.82, 2.24) is 0 Å². The number of fused-ring (bicyclic) bond motifs is 2. The van der Waals surface area contributed by atoms with Gasteiger partial charge in [-0.2, -0.15) is 0 Å². The highest BCUT2D eigenvalue weighted by atomic mass is 16.5. The average molecular weight is 403 g/mol. The van der Waals surface area contributed by atoms with Gasteiger partial charge in [0.15, 0.2) is 0 Å². The van der Waals surface area contributed by atoms with E-state index in [4.69, 9.17) is 9.47 Å². The first-order chi connectivity index (χ1) is 14.8. The van der Waals surface area contributed by atoms with Gasteiger partial charge in [0, 0.05) is 21.5 Å². The van der Waals surface area contributed by atoms with Crippen LogP contribution in [0.4, 0.5) is 0 Å². The smallest absolute Gasteiger partial charge is 0.135 e. The zero-order chi connectivity index (χ0) is 21.3. The molecule has 2 nitrogen and oxygen atoms in total. The average Bonchev–Trinajstić information content (AvgIpc) is 2.79. The summed E-state index contributed by atoms with van der Waals surface area (Å²) in [6.45, 7) is 9.84. The lowest BCUT2D eigenvalue weighted by Crippen LogP contribution is -2.02. The molecule has 0 fully saturated rings. The van der Waals surface area contributed by atoms with Gasteiger partial charge < -0.3 is 9.47 Å². The van der Waals surface area contributed by atoms with E-state index in [1.54, 1.807) is 0 Å². The van der Waals surface area contributed by atoms with Crippen molar-refractivity contribution in [3.05, 3.63) is 71.8 Å². The van der Waals surface area contributed by atoms with E-state index in [9.17, 15) is 0 Å². The summed E-state index contributed by atoms with van der Waals surface area (Å²) in [5.41, 5.74) is 2.58. The Morgan fingerprint density at radius 3 is 1.40 bits per heavy atom. The molecule has 0 amide bonds. The van der Waals surface area contributed by atoms with Gasteiger partial charge in [-0.05, 0) is 36.8 Å². The van der Waals surface area contributed by atoms with E-state index >= 15 is 0 Å². The minimum absolute atomic E-state index is 0.575. The Balaban J connectivity index is 2.31. The monoisotopic (exact) mass is 402 g/mol. The third-order valence-corrected chi connectivity index (χ3v) is 5.46. The third kappa shape index (κ3) is 4.53. The Labute approximate surface area is 181 Å². The van der Waals surface area contributed by atoms with E-state index in [1.807, 2.05) is 0 Å². The van der Waals surface area contributed by atoms with Gasteiger partial charge in [-0.25, -0.2) is 0 Å². The zero-order valence-corrected chi connectivity index (χ0v) is 18.8. The topological polar surface area (TPSA) is 18.5 Å². The van der Waals surface area contributed by atoms with E-state index < -0.39 is 0 Å². The predicted molar refractivity (Wildman–Crippen MR) is 130 cm³/mol. The standard InChI is InChI=1S/C28H34O2/c1-5-9-11-19-29-27-23-17-13-16-22(8-4)26(23)28(30-20-12-10-6-2)24-18-14-15-21(7-3)25(24)27/h9-18H,5-8,19-20H2,1-4H3/b11-9+,12-10+. The summed E-state index contributed by atoms with van der Waals surface area (Å²) in [7, 11) is 0. The predicted octanol–water partition coefficient (Wildman–Crippen LogP) is 7.81. The summed E-state index contributed by atoms with van der Waals surface area (Å²) in [5, 5.41) is 4.64. The van der Waals surface area contributed by atoms with Gasteiger partial charge in [-0.3, -0.25) is 0 Å². The quantitative estimate of drug-likeness (QED) is 0.254. The highest BCUT2D eigenvalue weighted by Gasteiger charge is 2.19. The van der Waals surface area contributed by atoms with Gasteiger partial charge in [-0.1, -0.05) is 88.4 Å². The number of hydrogen-bond acceptors (Lipinski definition) is 2. The fourth-order valence-corrected chi connectivity index (χ4v) is 4.01. The van der Waals surface area contributed by atoms with Gasteiger partial charge in [0.1, 0.15) is 24.7 Å². The molecule has 2 heteroatoms. The summed E-state index contributed by atoms with van der Waals surface area (Å²) in [6.07, 6.45) is 12.5. The Bertz CT molecular complexity index is 958. The molecule has 0 aliphatic carbocycles. The van der Waals surface area contributed by atoms with Gasteiger partial charge >= 0.3 is 0 Å². The largest absolute Gasteiger partial charge is 0.488 e. The summed E-state index contributed by atoms with van der Waals surface area (Å²) in [6, 6.07) is 13.0. The summed E-state index contributed by atoms with van der Waals surface area (Å²) >= 11 is 0. The Morgan fingerprint density at radius 2 is 1.03 bits per heavy atom. The van der Waals surface area contributed by atoms with Crippen LogP contribution < -0.4 is 9.47 Å². The molecule has 0 saturated heterocycles. The lowest BCUT2D eigenvalue weighted by Gasteiger charge is -2.20. The van der Waals surface area contributed by atoms with E-state index in [-0.39, 0.29) is 0 Å². The van der Waals surface area contributed by atoms with Crippen molar-refractivity contribution in [2.75, 3.05) is 13.2 Å². The SMILES string of the molecule is CC/C=C/COc1c2cccc(CC)c2c(OC/C=C/CC)c2cccc(CC)c12. The van der Waals surface area contributed by atoms with E-state index in [1.165, 1.54) is 21.9 Å². The van der Waals surface area contributed by atoms with Crippen LogP contribution in [0, 0.1) is 0 Å². The lowest BCUT2D eigenvalue weighted by molar-refractivity contribution is 0.364. The van der Waals surface area contributed by atoms with Crippen LogP contribution >= 0.6 is 0 Å². The van der Waals surface area contributed by atoms with Crippen LogP contribution in [0.1, 0.15) is 51.7 Å². The number of hydrogen-bond donors (Lipinski definition) is 0. The van der Waals surface area contributed by atoms with Crippen LogP contribution in [0.5, 0.6) is 11.5 Å². The van der Waals surface area contributed by atoms with Crippen molar-refractivity contribution in [3.8, 4) is 11.5 Å². The second-order valence-electron chi connectivity index (χ2n) is 7.43. The summed E-state index contributed by atoms with van der Waals surface area (Å²) < 4.78 is 12.8. The molecule has 0 aromatic heterocycles. The van der Waals surface area contributed by atoms with Crippen molar-refractivity contribution >= 4 is 21.5 Å². The van der Waals surface area contributed by atoms with E-state index in [2.05, 4.69) is 88.4 Å². The van der Waals surface area contributed by atoms with Crippen LogP contribution in [0.3, 0.4) is 0 Å². The van der Waals surface area contributed by atoms with Crippen LogP contribution in [-0.4, -0.2) is 13.2 Å². The molecule has 0 aliphatic heterocycles. The number of rotatable bonds is 10. The molecule has 0 aliphatic rings. The fourth-order valence-electron chi connectivity index (χ4n) is 4.01. The summed E-state index contributed by atoms with van der Waals surface area (Å²) in [5.74, 6) is 1.95. The van der Waals surface area contributed by atoms with Crippen LogP contribution in [-0.2, 0) is 12.8 Å². The first-order valence-corrected chi connectivity index (χ1v) is 11.3. The molecular formula is C28H34O2. The molecule has 158 valence electrons. The van der Waals surface area contributed by atoms with Crippen molar-refractivity contribution < 1.29 is 9.47 Å². The lowest BCUT2D eigenvalue weighted by atomic mass is 9.93. The fraction of sp³-hybridized carbons (Fsp3) is 0.357. The van der Waals surface area contributed by atoms with Crippen molar-refractivity contribution in [2.45, 2.75) is 53.4 Å². The highest BCUT2D eigenvalue weighted by Crippen LogP contribution is 2.45. The van der Waals surface area contributed by atoms with Crippen LogP contribution in [0.25, 0.3) is 21.5 Å². The Kier molecular flexibility index (Phi) is 7.96. The maximum atomic E-state index is 6.42.